The monoisotopic (exact) mass is 312 g/mol. The van der Waals surface area contributed by atoms with E-state index in [9.17, 15) is 5.11 Å². The Morgan fingerprint density at radius 3 is 2.44 bits per heavy atom. The van der Waals surface area contributed by atoms with Crippen molar-refractivity contribution in [2.24, 2.45) is 16.7 Å². The minimum absolute atomic E-state index is 0.0944. The van der Waals surface area contributed by atoms with Gasteiger partial charge in [-0.25, -0.2) is 0 Å². The second-order valence-corrected chi connectivity index (χ2v) is 17.0. The first-order valence-corrected chi connectivity index (χ1v) is 12.8. The Morgan fingerprint density at radius 1 is 1.44 bits per heavy atom. The van der Waals surface area contributed by atoms with E-state index in [-0.39, 0.29) is 11.5 Å². The first kappa shape index (κ1) is 13.2. The molecule has 1 nitrogen and oxygen atoms in total. The van der Waals surface area contributed by atoms with Crippen LogP contribution >= 0.6 is 10.1 Å². The zero-order valence-electron chi connectivity index (χ0n) is 10.9. The van der Waals surface area contributed by atoms with Gasteiger partial charge >= 0.3 is 106 Å². The van der Waals surface area contributed by atoms with Crippen LogP contribution in [0.15, 0.2) is 0 Å². The molecule has 3 heteroatoms. The molecule has 1 N–H and O–H groups in total. The molecule has 0 aromatic rings. The van der Waals surface area contributed by atoms with Crippen LogP contribution < -0.4 is 0 Å². The third-order valence-corrected chi connectivity index (χ3v) is 12.1. The SMILES string of the molecule is CC[Se](C)(Cl)C[C@]12CC[C@H](C[C@H]1O)C2(C)C. The molecule has 0 spiro atoms. The molecule has 0 heterocycles. The van der Waals surface area contributed by atoms with Gasteiger partial charge in [0.25, 0.3) is 0 Å². The summed E-state index contributed by atoms with van der Waals surface area (Å²) in [5, 5.41) is 12.7. The van der Waals surface area contributed by atoms with E-state index in [4.69, 9.17) is 10.1 Å². The predicted molar refractivity (Wildman–Crippen MR) is 72.3 cm³/mol. The number of hydrogen-bond acceptors (Lipinski definition) is 1. The Morgan fingerprint density at radius 2 is 2.06 bits per heavy atom. The van der Waals surface area contributed by atoms with Crippen LogP contribution in [0.25, 0.3) is 0 Å². The average Bonchev–Trinajstić information content (AvgIpc) is 2.51. The number of hydrogen-bond donors (Lipinski definition) is 1. The molecule has 4 atom stereocenters. The minimum atomic E-state index is -1.81. The van der Waals surface area contributed by atoms with Crippen molar-refractivity contribution >= 4 is 22.0 Å². The summed E-state index contributed by atoms with van der Waals surface area (Å²) in [6, 6.07) is 0. The number of fused-ring (bicyclic) bond motifs is 2. The Balaban J connectivity index is 2.29. The molecule has 96 valence electrons. The van der Waals surface area contributed by atoms with E-state index in [0.717, 1.165) is 23.0 Å². The Bertz CT molecular complexity index is 290. The second-order valence-electron chi connectivity index (χ2n) is 6.45. The molecular formula is C13H25ClOSe. The van der Waals surface area contributed by atoms with Crippen molar-refractivity contribution in [2.75, 3.05) is 0 Å². The van der Waals surface area contributed by atoms with E-state index in [2.05, 4.69) is 26.6 Å². The summed E-state index contributed by atoms with van der Waals surface area (Å²) in [5.41, 5.74) is 0.444. The molecule has 1 unspecified atom stereocenters. The van der Waals surface area contributed by atoms with Gasteiger partial charge in [-0.15, -0.1) is 0 Å². The summed E-state index contributed by atoms with van der Waals surface area (Å²) in [6.07, 6.45) is 3.42. The molecule has 2 aliphatic rings. The zero-order valence-corrected chi connectivity index (χ0v) is 13.4. The molecular weight excluding hydrogens is 287 g/mol. The predicted octanol–water partition coefficient (Wildman–Crippen LogP) is 4.01. The average molecular weight is 312 g/mol. The van der Waals surface area contributed by atoms with Gasteiger partial charge in [-0.05, 0) is 0 Å². The molecule has 2 bridgehead atoms. The third kappa shape index (κ3) is 1.68. The molecule has 0 amide bonds. The summed E-state index contributed by atoms with van der Waals surface area (Å²) in [6.45, 7) is 6.94. The van der Waals surface area contributed by atoms with E-state index >= 15 is 0 Å². The van der Waals surface area contributed by atoms with Gasteiger partial charge in [0.1, 0.15) is 0 Å². The molecule has 2 saturated carbocycles. The molecule has 2 aliphatic carbocycles. The normalized spacial score (nSPS) is 46.6. The molecule has 2 fully saturated rings. The fraction of sp³-hybridized carbons (Fsp3) is 1.00. The molecule has 0 radical (unpaired) electrons. The Kier molecular flexibility index (Phi) is 3.20. The summed E-state index contributed by atoms with van der Waals surface area (Å²) in [4.78, 5) is 0. The molecule has 0 aliphatic heterocycles. The van der Waals surface area contributed by atoms with Crippen molar-refractivity contribution in [1.29, 1.82) is 0 Å². The number of aliphatic hydroxyl groups is 1. The first-order valence-electron chi connectivity index (χ1n) is 6.36. The summed E-state index contributed by atoms with van der Waals surface area (Å²) >= 11 is -1.81. The third-order valence-electron chi connectivity index (χ3n) is 5.55. The fourth-order valence-electron chi connectivity index (χ4n) is 4.02. The van der Waals surface area contributed by atoms with Crippen LogP contribution in [-0.4, -0.2) is 23.1 Å². The van der Waals surface area contributed by atoms with Crippen LogP contribution in [0, 0.1) is 16.7 Å². The van der Waals surface area contributed by atoms with E-state index in [1.165, 1.54) is 12.8 Å². The number of rotatable bonds is 3. The topological polar surface area (TPSA) is 20.2 Å². The summed E-state index contributed by atoms with van der Waals surface area (Å²) in [5.74, 6) is 3.00. The Hall–Kier alpha value is 0.769. The molecule has 0 aromatic carbocycles. The standard InChI is InChI=1S/C13H25ClOSe/c1-5-16(4,14)9-13-7-6-10(8-11(13)15)12(13,2)3/h10-11,15H,5-9H2,1-4H3/t10-,11-,13-/m1/s1. The van der Waals surface area contributed by atoms with Crippen molar-refractivity contribution in [3.05, 3.63) is 0 Å². The van der Waals surface area contributed by atoms with E-state index in [1.807, 2.05) is 0 Å². The van der Waals surface area contributed by atoms with Gasteiger partial charge in [0.15, 0.2) is 0 Å². The quantitative estimate of drug-likeness (QED) is 0.781. The van der Waals surface area contributed by atoms with E-state index < -0.39 is 11.9 Å². The van der Waals surface area contributed by atoms with Gasteiger partial charge in [-0.1, -0.05) is 0 Å². The molecule has 0 aromatic heterocycles. The van der Waals surface area contributed by atoms with Gasteiger partial charge in [0, 0.05) is 0 Å². The first-order chi connectivity index (χ1) is 7.25. The fourth-order valence-corrected chi connectivity index (χ4v) is 9.20. The van der Waals surface area contributed by atoms with E-state index in [0.29, 0.717) is 5.41 Å². The molecule has 2 rings (SSSR count). The summed E-state index contributed by atoms with van der Waals surface area (Å²) < 4.78 is 0. The van der Waals surface area contributed by atoms with Crippen LogP contribution in [0.5, 0.6) is 0 Å². The van der Waals surface area contributed by atoms with Crippen LogP contribution in [0.4, 0.5) is 0 Å². The van der Waals surface area contributed by atoms with E-state index in [1.54, 1.807) is 0 Å². The van der Waals surface area contributed by atoms with Crippen LogP contribution in [-0.2, 0) is 0 Å². The van der Waals surface area contributed by atoms with Crippen LogP contribution in [0.2, 0.25) is 16.5 Å². The van der Waals surface area contributed by atoms with Crippen molar-refractivity contribution < 1.29 is 5.11 Å². The van der Waals surface area contributed by atoms with Crippen molar-refractivity contribution in [3.8, 4) is 0 Å². The maximum atomic E-state index is 10.4. The van der Waals surface area contributed by atoms with Gasteiger partial charge in [0.05, 0.1) is 0 Å². The van der Waals surface area contributed by atoms with Gasteiger partial charge in [-0.2, -0.15) is 0 Å². The van der Waals surface area contributed by atoms with Crippen LogP contribution in [0.3, 0.4) is 0 Å². The maximum absolute atomic E-state index is 10.4. The van der Waals surface area contributed by atoms with Crippen molar-refractivity contribution in [2.45, 2.75) is 62.6 Å². The molecule has 0 saturated heterocycles. The van der Waals surface area contributed by atoms with Gasteiger partial charge in [-0.3, -0.25) is 0 Å². The van der Waals surface area contributed by atoms with Gasteiger partial charge < -0.3 is 0 Å². The molecule has 16 heavy (non-hydrogen) atoms. The number of aliphatic hydroxyl groups excluding tert-OH is 1. The van der Waals surface area contributed by atoms with Crippen LogP contribution in [0.1, 0.15) is 40.0 Å². The zero-order chi connectivity index (χ0) is 12.2. The summed E-state index contributed by atoms with van der Waals surface area (Å²) in [7, 11) is 6.73. The number of halogens is 1. The van der Waals surface area contributed by atoms with Crippen molar-refractivity contribution in [1.82, 2.24) is 0 Å². The second kappa shape index (κ2) is 3.88. The Labute approximate surface area is 106 Å². The van der Waals surface area contributed by atoms with Crippen molar-refractivity contribution in [3.63, 3.8) is 0 Å². The van der Waals surface area contributed by atoms with Gasteiger partial charge in [0.2, 0.25) is 0 Å².